The van der Waals surface area contributed by atoms with E-state index in [9.17, 15) is 14.4 Å². The summed E-state index contributed by atoms with van der Waals surface area (Å²) < 4.78 is 1.83. The quantitative estimate of drug-likeness (QED) is 0.841. The second-order valence-corrected chi connectivity index (χ2v) is 6.09. The molecule has 1 saturated heterocycles. The van der Waals surface area contributed by atoms with Gasteiger partial charge in [-0.25, -0.2) is 0 Å². The molecule has 0 saturated carbocycles. The Morgan fingerprint density at radius 2 is 1.92 bits per heavy atom. The summed E-state index contributed by atoms with van der Waals surface area (Å²) in [6, 6.07) is 11.0. The van der Waals surface area contributed by atoms with Crippen molar-refractivity contribution in [2.24, 2.45) is 13.0 Å². The zero-order valence-corrected chi connectivity index (χ0v) is 13.6. The van der Waals surface area contributed by atoms with E-state index < -0.39 is 0 Å². The topological polar surface area (TPSA) is 80.2 Å². The lowest BCUT2D eigenvalue weighted by atomic mass is 9.98. The molecule has 2 heterocycles. The van der Waals surface area contributed by atoms with Gasteiger partial charge in [-0.2, -0.15) is 0 Å². The Kier molecular flexibility index (Phi) is 4.20. The fourth-order valence-corrected chi connectivity index (χ4v) is 2.82. The summed E-state index contributed by atoms with van der Waals surface area (Å²) in [4.78, 5) is 35.1. The summed E-state index contributed by atoms with van der Waals surface area (Å²) in [5.41, 5.74) is 3.25. The highest BCUT2D eigenvalue weighted by atomic mass is 16.2. The maximum absolute atomic E-state index is 12.3. The van der Waals surface area contributed by atoms with Crippen LogP contribution in [0.15, 0.2) is 36.4 Å². The highest BCUT2D eigenvalue weighted by Gasteiger charge is 2.30. The number of benzene rings is 1. The first-order valence-corrected chi connectivity index (χ1v) is 7.80. The van der Waals surface area contributed by atoms with Gasteiger partial charge < -0.3 is 9.88 Å². The molecule has 1 aromatic carbocycles. The number of anilines is 1. The molecule has 1 aliphatic heterocycles. The van der Waals surface area contributed by atoms with Crippen molar-refractivity contribution in [1.29, 1.82) is 0 Å². The largest absolute Gasteiger partial charge is 0.344 e. The van der Waals surface area contributed by atoms with Crippen molar-refractivity contribution in [2.75, 3.05) is 5.32 Å². The number of carbonyl (C=O) groups excluding carboxylic acids is 3. The van der Waals surface area contributed by atoms with Crippen LogP contribution in [0.3, 0.4) is 0 Å². The number of aryl methyl sites for hydroxylation is 1. The number of aromatic nitrogens is 1. The lowest BCUT2D eigenvalue weighted by Gasteiger charge is -2.09. The molecule has 0 radical (unpaired) electrons. The average Bonchev–Trinajstić information content (AvgIpc) is 3.04. The average molecular weight is 325 g/mol. The number of nitrogens with one attached hydrogen (secondary N) is 2. The monoisotopic (exact) mass is 325 g/mol. The first-order chi connectivity index (χ1) is 11.4. The maximum atomic E-state index is 12.3. The number of hydrogen-bond acceptors (Lipinski definition) is 3. The molecule has 6 heteroatoms. The van der Waals surface area contributed by atoms with Crippen molar-refractivity contribution in [3.8, 4) is 0 Å². The van der Waals surface area contributed by atoms with Gasteiger partial charge in [0.25, 0.3) is 5.91 Å². The number of carbonyl (C=O) groups is 3. The summed E-state index contributed by atoms with van der Waals surface area (Å²) >= 11 is 0. The normalized spacial score (nSPS) is 17.0. The molecule has 24 heavy (non-hydrogen) atoms. The minimum Gasteiger partial charge on any atom is -0.344 e. The third kappa shape index (κ3) is 3.22. The molecule has 0 spiro atoms. The number of hydrogen-bond donors (Lipinski definition) is 2. The van der Waals surface area contributed by atoms with Crippen LogP contribution in [0, 0.1) is 12.8 Å². The van der Waals surface area contributed by atoms with Gasteiger partial charge in [0.05, 0.1) is 5.92 Å². The van der Waals surface area contributed by atoms with Crippen LogP contribution in [-0.2, 0) is 23.1 Å². The van der Waals surface area contributed by atoms with Crippen LogP contribution in [-0.4, -0.2) is 22.3 Å². The van der Waals surface area contributed by atoms with Gasteiger partial charge in [0, 0.05) is 24.8 Å². The Morgan fingerprint density at radius 1 is 1.21 bits per heavy atom. The van der Waals surface area contributed by atoms with Gasteiger partial charge in [-0.3, -0.25) is 19.7 Å². The Morgan fingerprint density at radius 3 is 2.46 bits per heavy atom. The van der Waals surface area contributed by atoms with E-state index in [1.54, 1.807) is 18.2 Å². The molecule has 1 aromatic heterocycles. The van der Waals surface area contributed by atoms with E-state index in [1.165, 1.54) is 0 Å². The van der Waals surface area contributed by atoms with Crippen LogP contribution in [0.2, 0.25) is 0 Å². The second kappa shape index (κ2) is 6.31. The van der Waals surface area contributed by atoms with Gasteiger partial charge >= 0.3 is 0 Å². The zero-order chi connectivity index (χ0) is 17.3. The maximum Gasteiger partial charge on any atom is 0.272 e. The third-order valence-corrected chi connectivity index (χ3v) is 4.36. The molecule has 0 bridgehead atoms. The highest BCUT2D eigenvalue weighted by Crippen LogP contribution is 2.19. The van der Waals surface area contributed by atoms with Gasteiger partial charge in [-0.1, -0.05) is 12.1 Å². The van der Waals surface area contributed by atoms with Crippen molar-refractivity contribution < 1.29 is 14.4 Å². The molecule has 3 amide bonds. The van der Waals surface area contributed by atoms with E-state index in [2.05, 4.69) is 10.6 Å². The molecule has 0 unspecified atom stereocenters. The molecule has 124 valence electrons. The van der Waals surface area contributed by atoms with Crippen LogP contribution in [0.25, 0.3) is 0 Å². The SMILES string of the molecule is Cc1ccc(C(=O)Nc2ccc(C[C@@H]3CC(=O)NC3=O)cc2)n1C. The summed E-state index contributed by atoms with van der Waals surface area (Å²) in [5.74, 6) is -0.897. The molecule has 1 aliphatic rings. The Labute approximate surface area is 139 Å². The minimum absolute atomic E-state index is 0.167. The van der Waals surface area contributed by atoms with Crippen LogP contribution < -0.4 is 10.6 Å². The van der Waals surface area contributed by atoms with Gasteiger partial charge in [0.15, 0.2) is 0 Å². The van der Waals surface area contributed by atoms with Crippen molar-refractivity contribution in [2.45, 2.75) is 19.8 Å². The Bertz CT molecular complexity index is 805. The number of rotatable bonds is 4. The van der Waals surface area contributed by atoms with Gasteiger partial charge in [0.2, 0.25) is 11.8 Å². The van der Waals surface area contributed by atoms with E-state index in [-0.39, 0.29) is 30.1 Å². The fourth-order valence-electron chi connectivity index (χ4n) is 2.82. The molecule has 2 aromatic rings. The summed E-state index contributed by atoms with van der Waals surface area (Å²) in [7, 11) is 1.85. The molecule has 0 aliphatic carbocycles. The van der Waals surface area contributed by atoms with Crippen molar-refractivity contribution in [3.63, 3.8) is 0 Å². The van der Waals surface area contributed by atoms with Crippen molar-refractivity contribution in [1.82, 2.24) is 9.88 Å². The number of nitrogens with zero attached hydrogens (tertiary/aromatic N) is 1. The van der Waals surface area contributed by atoms with E-state index in [0.717, 1.165) is 11.3 Å². The van der Waals surface area contributed by atoms with Crippen molar-refractivity contribution >= 4 is 23.4 Å². The van der Waals surface area contributed by atoms with Crippen molar-refractivity contribution in [3.05, 3.63) is 53.3 Å². The first-order valence-electron chi connectivity index (χ1n) is 7.80. The highest BCUT2D eigenvalue weighted by molar-refractivity contribution is 6.04. The molecule has 1 fully saturated rings. The fraction of sp³-hybridized carbons (Fsp3) is 0.278. The van der Waals surface area contributed by atoms with Crippen LogP contribution in [0.4, 0.5) is 5.69 Å². The molecular formula is C18H19N3O3. The first kappa shape index (κ1) is 16.0. The lowest BCUT2D eigenvalue weighted by molar-refractivity contribution is -0.125. The Hall–Kier alpha value is -2.89. The van der Waals surface area contributed by atoms with E-state index in [0.29, 0.717) is 17.8 Å². The van der Waals surface area contributed by atoms with E-state index in [1.807, 2.05) is 36.7 Å². The van der Waals surface area contributed by atoms with Gasteiger partial charge in [0.1, 0.15) is 5.69 Å². The predicted octanol–water partition coefficient (Wildman–Crippen LogP) is 1.79. The predicted molar refractivity (Wildman–Crippen MR) is 89.5 cm³/mol. The molecular weight excluding hydrogens is 306 g/mol. The molecule has 3 rings (SSSR count). The summed E-state index contributed by atoms with van der Waals surface area (Å²) in [6.45, 7) is 1.94. The van der Waals surface area contributed by atoms with E-state index >= 15 is 0 Å². The standard InChI is InChI=1S/C18H19N3O3/c1-11-3-8-15(21(11)2)18(24)19-14-6-4-12(5-7-14)9-13-10-16(22)20-17(13)23/h3-8,13H,9-10H2,1-2H3,(H,19,24)(H,20,22,23)/t13-/m1/s1. The molecule has 6 nitrogen and oxygen atoms in total. The summed E-state index contributed by atoms with van der Waals surface area (Å²) in [6.07, 6.45) is 0.757. The van der Waals surface area contributed by atoms with Gasteiger partial charge in [-0.05, 0) is 43.2 Å². The minimum atomic E-state index is -0.302. The van der Waals surface area contributed by atoms with Gasteiger partial charge in [-0.15, -0.1) is 0 Å². The number of amides is 3. The third-order valence-electron chi connectivity index (χ3n) is 4.36. The smallest absolute Gasteiger partial charge is 0.272 e. The van der Waals surface area contributed by atoms with Crippen LogP contribution in [0.5, 0.6) is 0 Å². The van der Waals surface area contributed by atoms with Crippen LogP contribution in [0.1, 0.15) is 28.2 Å². The molecule has 1 atom stereocenters. The van der Waals surface area contributed by atoms with E-state index in [4.69, 9.17) is 0 Å². The second-order valence-electron chi connectivity index (χ2n) is 6.09. The zero-order valence-electron chi connectivity index (χ0n) is 13.6. The number of imide groups is 1. The van der Waals surface area contributed by atoms with Crippen LogP contribution >= 0.6 is 0 Å². The summed E-state index contributed by atoms with van der Waals surface area (Å²) in [5, 5.41) is 5.17. The lowest BCUT2D eigenvalue weighted by Crippen LogP contribution is -2.22. The molecule has 2 N–H and O–H groups in total. The Balaban J connectivity index is 1.64.